The minimum atomic E-state index is 0.134. The predicted molar refractivity (Wildman–Crippen MR) is 84.6 cm³/mol. The first-order valence-electron chi connectivity index (χ1n) is 8.10. The maximum atomic E-state index is 11.4. The second-order valence-electron chi connectivity index (χ2n) is 6.78. The zero-order chi connectivity index (χ0) is 14.4. The molecule has 3 heterocycles. The molecule has 4 rings (SSSR count). The van der Waals surface area contributed by atoms with Gasteiger partial charge in [0.2, 0.25) is 5.91 Å². The van der Waals surface area contributed by atoms with Gasteiger partial charge in [-0.05, 0) is 62.9 Å². The fraction of sp³-hybridized carbons (Fsp3) is 0.588. The fourth-order valence-corrected chi connectivity index (χ4v) is 4.24. The third-order valence-corrected chi connectivity index (χ3v) is 5.47. The molecule has 1 aromatic carbocycles. The number of nitrogens with zero attached hydrogens (tertiary/aromatic N) is 1. The first-order chi connectivity index (χ1) is 10.2. The number of carbonyl (C=O) groups excluding carboxylic acids is 1. The molecule has 2 N–H and O–H groups in total. The topological polar surface area (TPSA) is 44.4 Å². The third kappa shape index (κ3) is 2.42. The maximum absolute atomic E-state index is 11.4. The predicted octanol–water partition coefficient (Wildman–Crippen LogP) is 2.61. The number of rotatable bonds is 2. The van der Waals surface area contributed by atoms with Gasteiger partial charge in [-0.15, -0.1) is 0 Å². The molecule has 1 amide bonds. The van der Waals surface area contributed by atoms with Crippen LogP contribution in [0, 0.1) is 0 Å². The second-order valence-corrected chi connectivity index (χ2v) is 6.78. The largest absolute Gasteiger partial charge is 0.382 e. The summed E-state index contributed by atoms with van der Waals surface area (Å²) in [7, 11) is 2.28. The van der Waals surface area contributed by atoms with Crippen LogP contribution in [0.1, 0.15) is 37.7 Å². The van der Waals surface area contributed by atoms with Crippen LogP contribution < -0.4 is 10.6 Å². The van der Waals surface area contributed by atoms with Gasteiger partial charge in [0, 0.05) is 35.9 Å². The Balaban J connectivity index is 1.47. The minimum Gasteiger partial charge on any atom is -0.382 e. The molecule has 2 fully saturated rings. The summed E-state index contributed by atoms with van der Waals surface area (Å²) in [6.07, 6.45) is 6.68. The zero-order valence-corrected chi connectivity index (χ0v) is 12.6. The van der Waals surface area contributed by atoms with E-state index in [-0.39, 0.29) is 5.91 Å². The van der Waals surface area contributed by atoms with Crippen LogP contribution in [0.25, 0.3) is 0 Å². The highest BCUT2D eigenvalue weighted by Crippen LogP contribution is 2.36. The van der Waals surface area contributed by atoms with E-state index in [1.165, 1.54) is 36.9 Å². The Morgan fingerprint density at radius 3 is 2.71 bits per heavy atom. The van der Waals surface area contributed by atoms with Gasteiger partial charge < -0.3 is 15.5 Å². The number of nitrogens with one attached hydrogen (secondary N) is 2. The third-order valence-electron chi connectivity index (χ3n) is 5.47. The molecule has 21 heavy (non-hydrogen) atoms. The molecule has 112 valence electrons. The van der Waals surface area contributed by atoms with E-state index in [4.69, 9.17) is 0 Å². The Morgan fingerprint density at radius 2 is 1.95 bits per heavy atom. The summed E-state index contributed by atoms with van der Waals surface area (Å²) in [6.45, 7) is 0. The Labute approximate surface area is 125 Å². The first-order valence-corrected chi connectivity index (χ1v) is 8.10. The Kier molecular flexibility index (Phi) is 3.14. The molecule has 0 radical (unpaired) electrons. The summed E-state index contributed by atoms with van der Waals surface area (Å²) < 4.78 is 0. The summed E-state index contributed by atoms with van der Waals surface area (Å²) in [5.74, 6) is 0.134. The van der Waals surface area contributed by atoms with E-state index in [1.807, 2.05) is 6.07 Å². The van der Waals surface area contributed by atoms with E-state index in [0.717, 1.165) is 24.2 Å². The quantitative estimate of drug-likeness (QED) is 0.878. The minimum absolute atomic E-state index is 0.134. The number of fused-ring (bicyclic) bond motifs is 3. The number of benzene rings is 1. The van der Waals surface area contributed by atoms with Crippen LogP contribution in [-0.2, 0) is 11.2 Å². The SMILES string of the molecule is CN1C2CCC1CC(Nc1ccc3c(c1)CCC(=O)N3)C2. The Morgan fingerprint density at radius 1 is 1.19 bits per heavy atom. The first kappa shape index (κ1) is 13.1. The number of aryl methyl sites for hydroxylation is 1. The van der Waals surface area contributed by atoms with Gasteiger partial charge in [0.25, 0.3) is 0 Å². The van der Waals surface area contributed by atoms with E-state index in [2.05, 4.69) is 34.7 Å². The lowest BCUT2D eigenvalue weighted by Gasteiger charge is -2.37. The average molecular weight is 285 g/mol. The Hall–Kier alpha value is -1.55. The van der Waals surface area contributed by atoms with Crippen molar-refractivity contribution in [3.05, 3.63) is 23.8 Å². The number of hydrogen-bond acceptors (Lipinski definition) is 3. The lowest BCUT2D eigenvalue weighted by atomic mass is 9.97. The summed E-state index contributed by atoms with van der Waals surface area (Å²) in [5, 5.41) is 6.67. The van der Waals surface area contributed by atoms with Gasteiger partial charge in [-0.3, -0.25) is 4.79 Å². The second kappa shape index (κ2) is 5.02. The van der Waals surface area contributed by atoms with Crippen molar-refractivity contribution in [3.63, 3.8) is 0 Å². The molecule has 2 unspecified atom stereocenters. The fourth-order valence-electron chi connectivity index (χ4n) is 4.24. The molecule has 4 heteroatoms. The smallest absolute Gasteiger partial charge is 0.224 e. The highest BCUT2D eigenvalue weighted by atomic mass is 16.1. The molecular formula is C17H23N3O. The molecule has 0 aliphatic carbocycles. The van der Waals surface area contributed by atoms with Crippen molar-refractivity contribution < 1.29 is 4.79 Å². The van der Waals surface area contributed by atoms with Crippen LogP contribution in [0.4, 0.5) is 11.4 Å². The number of carbonyl (C=O) groups is 1. The molecule has 4 nitrogen and oxygen atoms in total. The number of anilines is 2. The van der Waals surface area contributed by atoms with Gasteiger partial charge in [-0.25, -0.2) is 0 Å². The normalized spacial score (nSPS) is 31.7. The van der Waals surface area contributed by atoms with Gasteiger partial charge in [0.15, 0.2) is 0 Å². The van der Waals surface area contributed by atoms with Gasteiger partial charge >= 0.3 is 0 Å². The molecule has 3 aliphatic heterocycles. The summed E-state index contributed by atoms with van der Waals surface area (Å²) >= 11 is 0. The maximum Gasteiger partial charge on any atom is 0.224 e. The van der Waals surface area contributed by atoms with Crippen LogP contribution in [0.5, 0.6) is 0 Å². The summed E-state index contributed by atoms with van der Waals surface area (Å²) in [5.41, 5.74) is 3.45. The van der Waals surface area contributed by atoms with Crippen LogP contribution in [-0.4, -0.2) is 36.0 Å². The van der Waals surface area contributed by atoms with E-state index >= 15 is 0 Å². The molecule has 3 aliphatic rings. The molecule has 2 bridgehead atoms. The van der Waals surface area contributed by atoms with Crippen LogP contribution in [0.2, 0.25) is 0 Å². The highest BCUT2D eigenvalue weighted by molar-refractivity contribution is 5.94. The molecule has 0 saturated carbocycles. The van der Waals surface area contributed by atoms with Crippen molar-refractivity contribution in [2.45, 2.75) is 56.7 Å². The number of amides is 1. The molecule has 1 aromatic rings. The zero-order valence-electron chi connectivity index (χ0n) is 12.6. The molecular weight excluding hydrogens is 262 g/mol. The van der Waals surface area contributed by atoms with Gasteiger partial charge in [-0.2, -0.15) is 0 Å². The standard InChI is InChI=1S/C17H23N3O/c1-20-14-4-5-15(20)10-13(9-14)18-12-3-6-16-11(8-12)2-7-17(21)19-16/h3,6,8,13-15,18H,2,4-5,7,9-10H2,1H3,(H,19,21). The highest BCUT2D eigenvalue weighted by Gasteiger charge is 2.38. The average Bonchev–Trinajstić information content (AvgIpc) is 2.70. The van der Waals surface area contributed by atoms with Crippen molar-refractivity contribution in [2.75, 3.05) is 17.7 Å². The monoisotopic (exact) mass is 285 g/mol. The summed E-state index contributed by atoms with van der Waals surface area (Å²) in [4.78, 5) is 14.0. The van der Waals surface area contributed by atoms with Crippen molar-refractivity contribution in [2.24, 2.45) is 0 Å². The molecule has 0 aromatic heterocycles. The van der Waals surface area contributed by atoms with Crippen molar-refractivity contribution in [1.82, 2.24) is 4.90 Å². The summed E-state index contributed by atoms with van der Waals surface area (Å²) in [6, 6.07) is 8.48. The van der Waals surface area contributed by atoms with E-state index in [1.54, 1.807) is 0 Å². The van der Waals surface area contributed by atoms with Gasteiger partial charge in [0.1, 0.15) is 0 Å². The van der Waals surface area contributed by atoms with Crippen LogP contribution in [0.3, 0.4) is 0 Å². The van der Waals surface area contributed by atoms with E-state index < -0.39 is 0 Å². The van der Waals surface area contributed by atoms with E-state index in [0.29, 0.717) is 12.5 Å². The lowest BCUT2D eigenvalue weighted by molar-refractivity contribution is -0.116. The van der Waals surface area contributed by atoms with E-state index in [9.17, 15) is 4.79 Å². The molecule has 2 atom stereocenters. The lowest BCUT2D eigenvalue weighted by Crippen LogP contribution is -2.44. The molecule has 0 spiro atoms. The van der Waals surface area contributed by atoms with Crippen LogP contribution in [0.15, 0.2) is 18.2 Å². The van der Waals surface area contributed by atoms with Gasteiger partial charge in [0.05, 0.1) is 0 Å². The number of piperidine rings is 1. The number of hydrogen-bond donors (Lipinski definition) is 2. The molecule has 2 saturated heterocycles. The van der Waals surface area contributed by atoms with Crippen molar-refractivity contribution in [1.29, 1.82) is 0 Å². The van der Waals surface area contributed by atoms with Crippen LogP contribution >= 0.6 is 0 Å². The van der Waals surface area contributed by atoms with Crippen molar-refractivity contribution in [3.8, 4) is 0 Å². The Bertz CT molecular complexity index is 557. The van der Waals surface area contributed by atoms with Crippen molar-refractivity contribution >= 4 is 17.3 Å². The van der Waals surface area contributed by atoms with Gasteiger partial charge in [-0.1, -0.05) is 0 Å².